The SMILES string of the molecule is COC(=O)CCC/C=C\CCCCCCC/C=C\CCC[C@@H](O)CN=[N+]=[N-].[N-]=[N+]=NC[C@H](O)CCC/C=C\CCCCCCC/C=C\CCCC(=O)[O-].[Na+]. The maximum Gasteiger partial charge on any atom is 1.00 e. The predicted octanol–water partition coefficient (Wildman–Crippen LogP) is 7.61. The van der Waals surface area contributed by atoms with Gasteiger partial charge in [0.15, 0.2) is 0 Å². The number of hydrogen-bond acceptors (Lipinski definition) is 8. The molecule has 0 amide bonds. The average Bonchev–Trinajstić information content (AvgIpc) is 3.15. The second-order valence-electron chi connectivity index (χ2n) is 13.3. The van der Waals surface area contributed by atoms with E-state index in [0.717, 1.165) is 70.6 Å². The van der Waals surface area contributed by atoms with E-state index in [1.807, 2.05) is 0 Å². The Morgan fingerprint density at radius 3 is 1.17 bits per heavy atom. The number of aliphatic hydroxyl groups is 2. The molecule has 0 heterocycles. The van der Waals surface area contributed by atoms with Gasteiger partial charge in [-0.05, 0) is 133 Å². The van der Waals surface area contributed by atoms with Crippen LogP contribution in [0.25, 0.3) is 20.9 Å². The van der Waals surface area contributed by atoms with Crippen molar-refractivity contribution in [2.45, 2.75) is 179 Å². The van der Waals surface area contributed by atoms with Gasteiger partial charge < -0.3 is 24.9 Å². The zero-order valence-electron chi connectivity index (χ0n) is 33.8. The van der Waals surface area contributed by atoms with E-state index in [2.05, 4.69) is 73.4 Å². The fourth-order valence-corrected chi connectivity index (χ4v) is 5.27. The molecule has 0 fully saturated rings. The van der Waals surface area contributed by atoms with Crippen LogP contribution in [0.5, 0.6) is 0 Å². The summed E-state index contributed by atoms with van der Waals surface area (Å²) in [6, 6.07) is 0. The molecule has 0 aromatic rings. The summed E-state index contributed by atoms with van der Waals surface area (Å²) >= 11 is 0. The van der Waals surface area contributed by atoms with Crippen LogP contribution in [0.2, 0.25) is 0 Å². The zero-order valence-corrected chi connectivity index (χ0v) is 35.8. The topological polar surface area (TPSA) is 204 Å². The second-order valence-corrected chi connectivity index (χ2v) is 13.3. The van der Waals surface area contributed by atoms with Crippen molar-refractivity contribution >= 4 is 11.9 Å². The molecule has 0 aromatic heterocycles. The van der Waals surface area contributed by atoms with Crippen LogP contribution in [0.4, 0.5) is 0 Å². The third-order valence-corrected chi connectivity index (χ3v) is 8.41. The summed E-state index contributed by atoms with van der Waals surface area (Å²) in [5.74, 6) is -1.09. The number of carboxylic acids is 1. The van der Waals surface area contributed by atoms with Crippen LogP contribution < -0.4 is 34.7 Å². The number of azide groups is 2. The molecule has 0 unspecified atom stereocenters. The van der Waals surface area contributed by atoms with Crippen LogP contribution in [0, 0.1) is 0 Å². The van der Waals surface area contributed by atoms with Crippen LogP contribution >= 0.6 is 0 Å². The number of rotatable bonds is 36. The number of esters is 1. The molecule has 12 nitrogen and oxygen atoms in total. The first-order valence-electron chi connectivity index (χ1n) is 20.1. The first kappa shape index (κ1) is 55.8. The van der Waals surface area contributed by atoms with Gasteiger partial charge in [0.2, 0.25) is 0 Å². The third-order valence-electron chi connectivity index (χ3n) is 8.41. The summed E-state index contributed by atoms with van der Waals surface area (Å²) in [4.78, 5) is 26.5. The number of ether oxygens (including phenoxy) is 1. The van der Waals surface area contributed by atoms with Crippen molar-refractivity contribution < 1.29 is 59.2 Å². The van der Waals surface area contributed by atoms with Gasteiger partial charge in [-0.1, -0.05) is 97.4 Å². The standard InChI is InChI=1S/C21H37N3O3.C20H35N3O3.Na/c1-27-21(26)18-16-14-12-10-8-6-4-2-3-5-7-9-11-13-15-17-20(25)19-23-24-22;21-23-22-18-19(24)16-14-12-10-8-6-4-2-1-3-5-7-9-11-13-15-17-20(25)26;/h9-12,20,25H,2-8,13-19H2,1H3;8-11,19,24H,1-7,12-18H2,(H,25,26);/q;;+1/p-1/b11-9-,12-10-;10-8-,11-9-;/t20-;19-;/m11./s1. The number of methoxy groups -OCH3 is 1. The van der Waals surface area contributed by atoms with Gasteiger partial charge in [0.05, 0.1) is 32.4 Å². The molecule has 0 aliphatic carbocycles. The van der Waals surface area contributed by atoms with Gasteiger partial charge in [-0.3, -0.25) is 4.79 Å². The van der Waals surface area contributed by atoms with E-state index in [4.69, 9.17) is 11.1 Å². The number of aliphatic carboxylic acids is 1. The Labute approximate surface area is 348 Å². The molecular weight excluding hydrogens is 695 g/mol. The molecule has 0 saturated carbocycles. The van der Waals surface area contributed by atoms with Crippen LogP contribution in [0.3, 0.4) is 0 Å². The molecule has 0 aliphatic rings. The van der Waals surface area contributed by atoms with E-state index < -0.39 is 18.2 Å². The number of aliphatic hydroxyl groups excluding tert-OH is 2. The zero-order chi connectivity index (χ0) is 39.3. The Bertz CT molecular complexity index is 1070. The molecule has 0 rings (SSSR count). The van der Waals surface area contributed by atoms with Gasteiger partial charge in [0, 0.05) is 22.2 Å². The molecule has 0 bridgehead atoms. The Kier molecular flexibility index (Phi) is 50.1. The van der Waals surface area contributed by atoms with Crippen molar-refractivity contribution in [3.63, 3.8) is 0 Å². The average molecular weight is 767 g/mol. The summed E-state index contributed by atoms with van der Waals surface area (Å²) in [6.07, 6.45) is 42.5. The van der Waals surface area contributed by atoms with Gasteiger partial charge in [-0.2, -0.15) is 0 Å². The molecule has 302 valence electrons. The normalized spacial score (nSPS) is 12.2. The third kappa shape index (κ3) is 51.5. The van der Waals surface area contributed by atoms with E-state index in [0.29, 0.717) is 25.7 Å². The number of allylic oxidation sites excluding steroid dienone is 8. The van der Waals surface area contributed by atoms with Gasteiger partial charge in [-0.25, -0.2) is 0 Å². The van der Waals surface area contributed by atoms with E-state index >= 15 is 0 Å². The Hall–Kier alpha value is -2.56. The van der Waals surface area contributed by atoms with Gasteiger partial charge in [0.1, 0.15) is 0 Å². The summed E-state index contributed by atoms with van der Waals surface area (Å²) in [5.41, 5.74) is 16.3. The van der Waals surface area contributed by atoms with Crippen molar-refractivity contribution in [1.82, 2.24) is 0 Å². The first-order valence-corrected chi connectivity index (χ1v) is 20.1. The predicted molar refractivity (Wildman–Crippen MR) is 214 cm³/mol. The summed E-state index contributed by atoms with van der Waals surface area (Å²) < 4.78 is 4.61. The molecule has 0 saturated heterocycles. The summed E-state index contributed by atoms with van der Waals surface area (Å²) in [7, 11) is 1.43. The quantitative estimate of drug-likeness (QED) is 0.0125. The summed E-state index contributed by atoms with van der Waals surface area (Å²) in [5, 5.41) is 36.0. The van der Waals surface area contributed by atoms with Crippen molar-refractivity contribution in [3.05, 3.63) is 69.5 Å². The van der Waals surface area contributed by atoms with Gasteiger partial charge in [0.25, 0.3) is 0 Å². The molecule has 0 spiro atoms. The molecule has 54 heavy (non-hydrogen) atoms. The first-order chi connectivity index (χ1) is 25.9. The van der Waals surface area contributed by atoms with Crippen molar-refractivity contribution in [1.29, 1.82) is 0 Å². The number of hydrogen-bond donors (Lipinski definition) is 2. The number of unbranched alkanes of at least 4 members (excludes halogenated alkanes) is 16. The monoisotopic (exact) mass is 767 g/mol. The van der Waals surface area contributed by atoms with Gasteiger partial charge in [-0.15, -0.1) is 0 Å². The second kappa shape index (κ2) is 48.5. The number of carboxylic acid groups (broad SMARTS) is 1. The number of nitrogens with zero attached hydrogens (tertiary/aromatic N) is 6. The number of carbonyl (C=O) groups excluding carboxylic acids is 2. The largest absolute Gasteiger partial charge is 1.00 e. The molecule has 2 atom stereocenters. The minimum absolute atomic E-state index is 0. The van der Waals surface area contributed by atoms with Crippen LogP contribution in [-0.2, 0) is 14.3 Å². The molecule has 0 radical (unpaired) electrons. The van der Waals surface area contributed by atoms with E-state index in [1.165, 1.54) is 71.3 Å². The van der Waals surface area contributed by atoms with E-state index in [-0.39, 0.29) is 55.0 Å². The van der Waals surface area contributed by atoms with E-state index in [1.54, 1.807) is 0 Å². The Morgan fingerprint density at radius 2 is 0.852 bits per heavy atom. The van der Waals surface area contributed by atoms with Crippen LogP contribution in [0.15, 0.2) is 58.8 Å². The molecular formula is C41H71N6NaO6. The molecule has 13 heteroatoms. The molecule has 2 N–H and O–H groups in total. The Morgan fingerprint density at radius 1 is 0.556 bits per heavy atom. The smallest absolute Gasteiger partial charge is 0.550 e. The Balaban J connectivity index is -0.000000946. The minimum Gasteiger partial charge on any atom is -0.550 e. The minimum atomic E-state index is -0.964. The van der Waals surface area contributed by atoms with Crippen molar-refractivity contribution in [2.24, 2.45) is 10.2 Å². The van der Waals surface area contributed by atoms with Gasteiger partial charge >= 0.3 is 35.5 Å². The van der Waals surface area contributed by atoms with Crippen LogP contribution in [0.1, 0.15) is 167 Å². The van der Waals surface area contributed by atoms with Crippen molar-refractivity contribution in [2.75, 3.05) is 20.2 Å². The fraction of sp³-hybridized carbons (Fsp3) is 0.756. The summed E-state index contributed by atoms with van der Waals surface area (Å²) in [6.45, 7) is 0.337. The van der Waals surface area contributed by atoms with Crippen LogP contribution in [-0.4, -0.2) is 54.6 Å². The maximum atomic E-state index is 10.9. The molecule has 0 aromatic carbocycles. The molecule has 0 aliphatic heterocycles. The fourth-order valence-electron chi connectivity index (χ4n) is 5.27. The van der Waals surface area contributed by atoms with E-state index in [9.17, 15) is 24.9 Å². The maximum absolute atomic E-state index is 10.9. The number of carbonyl (C=O) groups is 2. The van der Waals surface area contributed by atoms with Crippen molar-refractivity contribution in [3.8, 4) is 0 Å².